The van der Waals surface area contributed by atoms with Crippen molar-refractivity contribution in [2.75, 3.05) is 24.2 Å². The highest BCUT2D eigenvalue weighted by atomic mass is 35.5. The van der Waals surface area contributed by atoms with Crippen LogP contribution in [0.5, 0.6) is 0 Å². The van der Waals surface area contributed by atoms with Gasteiger partial charge in [-0.05, 0) is 0 Å². The van der Waals surface area contributed by atoms with E-state index in [2.05, 4.69) is 0 Å². The van der Waals surface area contributed by atoms with Crippen LogP contribution < -0.4 is 0 Å². The molecule has 1 saturated heterocycles. The van der Waals surface area contributed by atoms with E-state index in [1.165, 1.54) is 0 Å². The number of aliphatic hydroxyl groups excluding tert-OH is 1. The Labute approximate surface area is 81.4 Å². The van der Waals surface area contributed by atoms with E-state index in [0.29, 0.717) is 12.0 Å². The van der Waals surface area contributed by atoms with Gasteiger partial charge in [0.15, 0.2) is 0 Å². The first-order chi connectivity index (χ1) is 5.24. The second kappa shape index (κ2) is 7.44. The first-order valence-corrected chi connectivity index (χ1v) is 4.82. The third kappa shape index (κ3) is 8.70. The van der Waals surface area contributed by atoms with Crippen LogP contribution in [0.3, 0.4) is 0 Å². The van der Waals surface area contributed by atoms with E-state index < -0.39 is 6.10 Å². The summed E-state index contributed by atoms with van der Waals surface area (Å²) in [5.74, 6) is 1.12. The van der Waals surface area contributed by atoms with Gasteiger partial charge in [-0.25, -0.2) is 0 Å². The maximum atomic E-state index is 8.40. The largest absolute Gasteiger partial charge is 0.391 e. The van der Waals surface area contributed by atoms with Crippen molar-refractivity contribution in [2.45, 2.75) is 12.2 Å². The predicted octanol–water partition coefficient (Wildman–Crippen LogP) is 1.45. The summed E-state index contributed by atoms with van der Waals surface area (Å²) < 4.78 is 4.73. The molecule has 11 heavy (non-hydrogen) atoms. The standard InChI is InChI=1S/C3H6Cl2O.C3H5ClO/c4-1-3(6)2-5;4-1-3-2-5-3/h3,6H,1-2H2;3H,1-2H2. The average Bonchev–Trinajstić information content (AvgIpc) is 2.86. The number of rotatable bonds is 3. The lowest BCUT2D eigenvalue weighted by molar-refractivity contribution is 0.222. The molecule has 1 aliphatic heterocycles. The van der Waals surface area contributed by atoms with Crippen molar-refractivity contribution >= 4 is 34.8 Å². The third-order valence-electron chi connectivity index (χ3n) is 0.931. The molecule has 0 spiro atoms. The Morgan fingerprint density at radius 3 is 1.82 bits per heavy atom. The molecule has 1 atom stereocenters. The van der Waals surface area contributed by atoms with Gasteiger partial charge in [0.05, 0.1) is 24.7 Å². The molecule has 1 rings (SSSR count). The van der Waals surface area contributed by atoms with Crippen LogP contribution in [0.15, 0.2) is 0 Å². The quantitative estimate of drug-likeness (QED) is 0.578. The molecule has 0 amide bonds. The van der Waals surface area contributed by atoms with E-state index >= 15 is 0 Å². The van der Waals surface area contributed by atoms with Crippen LogP contribution in [0.1, 0.15) is 0 Å². The maximum absolute atomic E-state index is 8.40. The minimum absolute atomic E-state index is 0.226. The van der Waals surface area contributed by atoms with Crippen LogP contribution in [0, 0.1) is 0 Å². The van der Waals surface area contributed by atoms with Crippen molar-refractivity contribution in [3.05, 3.63) is 0 Å². The van der Waals surface area contributed by atoms with Crippen molar-refractivity contribution in [1.82, 2.24) is 0 Å². The van der Waals surface area contributed by atoms with Gasteiger partial charge >= 0.3 is 0 Å². The van der Waals surface area contributed by atoms with Crippen molar-refractivity contribution in [2.24, 2.45) is 0 Å². The molecule has 0 saturated carbocycles. The molecule has 1 heterocycles. The first kappa shape index (κ1) is 11.8. The summed E-state index contributed by atoms with van der Waals surface area (Å²) in [4.78, 5) is 0. The maximum Gasteiger partial charge on any atom is 0.0944 e. The number of ether oxygens (including phenoxy) is 1. The van der Waals surface area contributed by atoms with Crippen molar-refractivity contribution in [1.29, 1.82) is 0 Å². The number of halogens is 3. The molecule has 0 aromatic rings. The number of aliphatic hydroxyl groups is 1. The lowest BCUT2D eigenvalue weighted by atomic mass is 10.5. The molecule has 5 heteroatoms. The lowest BCUT2D eigenvalue weighted by Gasteiger charge is -1.94. The van der Waals surface area contributed by atoms with Crippen LogP contribution in [-0.2, 0) is 4.74 Å². The second-order valence-corrected chi connectivity index (χ2v) is 3.00. The van der Waals surface area contributed by atoms with E-state index in [4.69, 9.17) is 44.6 Å². The Morgan fingerprint density at radius 2 is 1.82 bits per heavy atom. The Bertz CT molecular complexity index is 83.9. The molecule has 0 aromatic carbocycles. The monoisotopic (exact) mass is 220 g/mol. The number of hydrogen-bond donors (Lipinski definition) is 1. The van der Waals surface area contributed by atoms with Crippen LogP contribution in [-0.4, -0.2) is 41.6 Å². The summed E-state index contributed by atoms with van der Waals surface area (Å²) in [5.41, 5.74) is 0. The first-order valence-electron chi connectivity index (χ1n) is 3.22. The Hall–Kier alpha value is 0.790. The van der Waals surface area contributed by atoms with E-state index in [0.717, 1.165) is 6.61 Å². The minimum Gasteiger partial charge on any atom is -0.391 e. The highest BCUT2D eigenvalue weighted by Gasteiger charge is 2.19. The molecule has 2 nitrogen and oxygen atoms in total. The van der Waals surface area contributed by atoms with Crippen LogP contribution in [0.2, 0.25) is 0 Å². The molecule has 1 N–H and O–H groups in total. The van der Waals surface area contributed by atoms with Gasteiger partial charge in [-0.2, -0.15) is 0 Å². The molecule has 1 aliphatic rings. The van der Waals surface area contributed by atoms with Gasteiger partial charge in [0.1, 0.15) is 0 Å². The van der Waals surface area contributed by atoms with Gasteiger partial charge in [-0.1, -0.05) is 0 Å². The van der Waals surface area contributed by atoms with E-state index in [-0.39, 0.29) is 11.8 Å². The molecule has 68 valence electrons. The van der Waals surface area contributed by atoms with Crippen molar-refractivity contribution in [3.8, 4) is 0 Å². The van der Waals surface area contributed by atoms with Gasteiger partial charge in [-0.15, -0.1) is 34.8 Å². The molecule has 0 aliphatic carbocycles. The van der Waals surface area contributed by atoms with E-state index in [9.17, 15) is 0 Å². The summed E-state index contributed by atoms with van der Waals surface area (Å²) in [6.07, 6.45) is -0.134. The molecule has 0 bridgehead atoms. The lowest BCUT2D eigenvalue weighted by Crippen LogP contribution is -2.08. The molecule has 0 aromatic heterocycles. The summed E-state index contributed by atoms with van der Waals surface area (Å²) in [5, 5.41) is 8.40. The van der Waals surface area contributed by atoms with Crippen molar-refractivity contribution in [3.63, 3.8) is 0 Å². The Balaban J connectivity index is 0.000000183. The number of alkyl halides is 3. The fourth-order valence-electron chi connectivity index (χ4n) is 0.198. The predicted molar refractivity (Wildman–Crippen MR) is 47.9 cm³/mol. The van der Waals surface area contributed by atoms with Gasteiger partial charge < -0.3 is 9.84 Å². The van der Waals surface area contributed by atoms with Crippen LogP contribution in [0.25, 0.3) is 0 Å². The van der Waals surface area contributed by atoms with Crippen molar-refractivity contribution < 1.29 is 9.84 Å². The Kier molecular flexibility index (Phi) is 7.97. The van der Waals surface area contributed by atoms with Gasteiger partial charge in [0.25, 0.3) is 0 Å². The zero-order chi connectivity index (χ0) is 8.69. The minimum atomic E-state index is -0.534. The van der Waals surface area contributed by atoms with Crippen LogP contribution >= 0.6 is 34.8 Å². The van der Waals surface area contributed by atoms with Gasteiger partial charge in [-0.3, -0.25) is 0 Å². The highest BCUT2D eigenvalue weighted by Crippen LogP contribution is 2.08. The number of hydrogen-bond acceptors (Lipinski definition) is 2. The third-order valence-corrected chi connectivity index (χ3v) is 1.99. The van der Waals surface area contributed by atoms with Gasteiger partial charge in [0, 0.05) is 11.8 Å². The summed E-state index contributed by atoms with van der Waals surface area (Å²) in [7, 11) is 0. The normalized spacial score (nSPS) is 21.0. The Morgan fingerprint density at radius 1 is 1.36 bits per heavy atom. The summed E-state index contributed by atoms with van der Waals surface area (Å²) in [6.45, 7) is 0.878. The van der Waals surface area contributed by atoms with E-state index in [1.54, 1.807) is 0 Å². The smallest absolute Gasteiger partial charge is 0.0944 e. The molecule has 0 radical (unpaired) electrons. The average molecular weight is 222 g/mol. The SMILES string of the molecule is ClCC1CO1.OC(CCl)CCl. The fourth-order valence-corrected chi connectivity index (χ4v) is 0.706. The molecule has 1 unspecified atom stereocenters. The van der Waals surface area contributed by atoms with Crippen LogP contribution in [0.4, 0.5) is 0 Å². The summed E-state index contributed by atoms with van der Waals surface area (Å²) in [6, 6.07) is 0. The zero-order valence-electron chi connectivity index (χ0n) is 5.97. The highest BCUT2D eigenvalue weighted by molar-refractivity contribution is 6.21. The topological polar surface area (TPSA) is 32.8 Å². The van der Waals surface area contributed by atoms with E-state index in [1.807, 2.05) is 0 Å². The molecular formula is C6H11Cl3O2. The zero-order valence-corrected chi connectivity index (χ0v) is 8.24. The summed E-state index contributed by atoms with van der Waals surface area (Å²) >= 11 is 15.5. The van der Waals surface area contributed by atoms with Gasteiger partial charge in [0.2, 0.25) is 0 Å². The fraction of sp³-hybridized carbons (Fsp3) is 1.00. The molecular weight excluding hydrogens is 210 g/mol. The number of epoxide rings is 1. The molecule has 1 fully saturated rings. The second-order valence-electron chi connectivity index (χ2n) is 2.07.